The summed E-state index contributed by atoms with van der Waals surface area (Å²) in [5.41, 5.74) is 3.60. The fourth-order valence-corrected chi connectivity index (χ4v) is 2.63. The lowest BCUT2D eigenvalue weighted by Crippen LogP contribution is -2.09. The molecule has 0 amide bonds. The van der Waals surface area contributed by atoms with E-state index in [9.17, 15) is 9.90 Å². The Labute approximate surface area is 151 Å². The van der Waals surface area contributed by atoms with Crippen LogP contribution in [-0.2, 0) is 0 Å². The summed E-state index contributed by atoms with van der Waals surface area (Å²) in [7, 11) is 3.95. The Kier molecular flexibility index (Phi) is 4.80. The lowest BCUT2D eigenvalue weighted by Gasteiger charge is -2.18. The zero-order valence-electron chi connectivity index (χ0n) is 14.5. The number of carboxylic acid groups (broad SMARTS) is 1. The summed E-state index contributed by atoms with van der Waals surface area (Å²) in [6.07, 6.45) is 9.08. The highest BCUT2D eigenvalue weighted by molar-refractivity contribution is 5.91. The number of hydrogen-bond donors (Lipinski definition) is 2. The number of nitrogens with zero attached hydrogens (tertiary/aromatic N) is 1. The summed E-state index contributed by atoms with van der Waals surface area (Å²) < 4.78 is 5.60. The van der Waals surface area contributed by atoms with Gasteiger partial charge in [-0.25, -0.2) is 4.79 Å². The maximum Gasteiger partial charge on any atom is 0.339 e. The zero-order chi connectivity index (χ0) is 18.7. The Morgan fingerprint density at radius 3 is 2.69 bits per heavy atom. The number of allylic oxidation sites excluding steroid dienone is 4. The maximum atomic E-state index is 11.1. The first-order valence-electron chi connectivity index (χ1n) is 8.05. The number of carbonyl (C=O) groups is 1. The predicted octanol–water partition coefficient (Wildman–Crippen LogP) is 4.16. The summed E-state index contributed by atoms with van der Waals surface area (Å²) in [6.45, 7) is 0. The monoisotopic (exact) mass is 349 g/mol. The van der Waals surface area contributed by atoms with Gasteiger partial charge in [0.15, 0.2) is 0 Å². The average molecular weight is 349 g/mol. The first-order valence-corrected chi connectivity index (χ1v) is 8.05. The summed E-state index contributed by atoms with van der Waals surface area (Å²) in [5.74, 6) is -0.615. The second-order valence-corrected chi connectivity index (χ2v) is 6.06. The highest BCUT2D eigenvalue weighted by Gasteiger charge is 2.12. The molecule has 0 unspecified atom stereocenters. The molecule has 1 aliphatic rings. The molecular weight excluding hydrogens is 330 g/mol. The lowest BCUT2D eigenvalue weighted by atomic mass is 10.0. The van der Waals surface area contributed by atoms with Crippen molar-refractivity contribution < 1.29 is 19.7 Å². The third kappa shape index (κ3) is 3.62. The van der Waals surface area contributed by atoms with Crippen molar-refractivity contribution in [3.8, 4) is 11.5 Å². The van der Waals surface area contributed by atoms with Gasteiger partial charge in [0.25, 0.3) is 0 Å². The fraction of sp³-hybridized carbons (Fsp3) is 0.0952. The van der Waals surface area contributed by atoms with Crippen LogP contribution in [0.5, 0.6) is 11.5 Å². The zero-order valence-corrected chi connectivity index (χ0v) is 14.5. The predicted molar refractivity (Wildman–Crippen MR) is 103 cm³/mol. The van der Waals surface area contributed by atoms with Crippen LogP contribution in [0.4, 0.5) is 5.69 Å². The minimum Gasteiger partial charge on any atom is -0.507 e. The normalized spacial score (nSPS) is 14.3. The minimum atomic E-state index is -1.16. The molecule has 1 aliphatic heterocycles. The van der Waals surface area contributed by atoms with Crippen LogP contribution in [0.1, 0.15) is 21.5 Å². The molecule has 0 saturated heterocycles. The standard InChI is InChI=1S/C21H19NO4/c1-22(2)16-7-8-17-15(10-11-26-20(17)13-16)5-3-4-14-6-9-19(23)18(12-14)21(24)25/h3-13,23H,1-2H3,(H,24,25). The molecule has 0 spiro atoms. The average Bonchev–Trinajstić information content (AvgIpc) is 2.62. The topological polar surface area (TPSA) is 70.0 Å². The molecule has 2 aromatic rings. The van der Waals surface area contributed by atoms with Crippen molar-refractivity contribution in [3.05, 3.63) is 77.6 Å². The van der Waals surface area contributed by atoms with Crippen molar-refractivity contribution in [1.29, 1.82) is 0 Å². The molecule has 5 nitrogen and oxygen atoms in total. The first-order chi connectivity index (χ1) is 12.5. The highest BCUT2D eigenvalue weighted by Crippen LogP contribution is 2.34. The van der Waals surface area contributed by atoms with E-state index in [1.54, 1.807) is 18.4 Å². The molecule has 1 heterocycles. The molecule has 2 N–H and O–H groups in total. The third-order valence-corrected chi connectivity index (χ3v) is 4.05. The van der Waals surface area contributed by atoms with E-state index in [0.29, 0.717) is 5.56 Å². The van der Waals surface area contributed by atoms with E-state index in [4.69, 9.17) is 9.84 Å². The van der Waals surface area contributed by atoms with E-state index in [1.165, 1.54) is 12.1 Å². The first kappa shape index (κ1) is 17.4. The van der Waals surface area contributed by atoms with Crippen LogP contribution in [0.2, 0.25) is 0 Å². The van der Waals surface area contributed by atoms with Gasteiger partial charge >= 0.3 is 5.97 Å². The molecule has 0 fully saturated rings. The van der Waals surface area contributed by atoms with Crippen molar-refractivity contribution in [2.75, 3.05) is 19.0 Å². The number of ether oxygens (including phenoxy) is 1. The van der Waals surface area contributed by atoms with Gasteiger partial charge in [-0.2, -0.15) is 0 Å². The van der Waals surface area contributed by atoms with Crippen molar-refractivity contribution in [2.45, 2.75) is 0 Å². The molecule has 0 aromatic heterocycles. The highest BCUT2D eigenvalue weighted by atomic mass is 16.5. The van der Waals surface area contributed by atoms with Crippen molar-refractivity contribution in [1.82, 2.24) is 0 Å². The molecule has 2 aromatic carbocycles. The fourth-order valence-electron chi connectivity index (χ4n) is 2.63. The molecule has 26 heavy (non-hydrogen) atoms. The lowest BCUT2D eigenvalue weighted by molar-refractivity contribution is 0.0693. The Hall–Kier alpha value is -3.47. The number of rotatable bonds is 4. The molecule has 5 heteroatoms. The molecular formula is C21H19NO4. The number of phenols is 1. The minimum absolute atomic E-state index is 0.118. The number of carboxylic acids is 1. The van der Waals surface area contributed by atoms with Crippen molar-refractivity contribution in [2.24, 2.45) is 0 Å². The quantitative estimate of drug-likeness (QED) is 0.867. The Balaban J connectivity index is 1.87. The Morgan fingerprint density at radius 1 is 1.15 bits per heavy atom. The van der Waals surface area contributed by atoms with E-state index in [-0.39, 0.29) is 11.3 Å². The maximum absolute atomic E-state index is 11.1. The van der Waals surface area contributed by atoms with Gasteiger partial charge < -0.3 is 19.8 Å². The number of benzene rings is 2. The summed E-state index contributed by atoms with van der Waals surface area (Å²) in [5, 5.41) is 18.6. The third-order valence-electron chi connectivity index (χ3n) is 4.05. The van der Waals surface area contributed by atoms with Crippen LogP contribution in [0.25, 0.3) is 11.6 Å². The molecule has 0 saturated carbocycles. The number of aromatic hydroxyl groups is 1. The largest absolute Gasteiger partial charge is 0.507 e. The molecule has 0 bridgehead atoms. The van der Waals surface area contributed by atoms with Gasteiger partial charge in [0.05, 0.1) is 6.26 Å². The van der Waals surface area contributed by atoms with Crippen LogP contribution >= 0.6 is 0 Å². The molecule has 0 radical (unpaired) electrons. The number of fused-ring (bicyclic) bond motifs is 1. The Bertz CT molecular complexity index is 939. The Morgan fingerprint density at radius 2 is 1.96 bits per heavy atom. The molecule has 0 atom stereocenters. The van der Waals surface area contributed by atoms with Gasteiger partial charge in [0, 0.05) is 31.4 Å². The van der Waals surface area contributed by atoms with Crippen LogP contribution in [0.15, 0.2) is 60.9 Å². The van der Waals surface area contributed by atoms with Gasteiger partial charge in [-0.05, 0) is 41.5 Å². The summed E-state index contributed by atoms with van der Waals surface area (Å²) in [4.78, 5) is 13.1. The van der Waals surface area contributed by atoms with E-state index in [1.807, 2.05) is 55.4 Å². The van der Waals surface area contributed by atoms with Gasteiger partial charge in [0.1, 0.15) is 17.1 Å². The van der Waals surface area contributed by atoms with Crippen molar-refractivity contribution >= 4 is 23.3 Å². The van der Waals surface area contributed by atoms with Gasteiger partial charge in [0.2, 0.25) is 0 Å². The van der Waals surface area contributed by atoms with Crippen LogP contribution in [0.3, 0.4) is 0 Å². The van der Waals surface area contributed by atoms with Crippen LogP contribution in [-0.4, -0.2) is 30.3 Å². The second kappa shape index (κ2) is 7.19. The second-order valence-electron chi connectivity index (χ2n) is 6.06. The smallest absolute Gasteiger partial charge is 0.339 e. The van der Waals surface area contributed by atoms with E-state index < -0.39 is 5.97 Å². The summed E-state index contributed by atoms with van der Waals surface area (Å²) >= 11 is 0. The molecule has 0 aliphatic carbocycles. The van der Waals surface area contributed by atoms with E-state index in [0.717, 1.165) is 22.6 Å². The number of aromatic carboxylic acids is 1. The number of hydrogen-bond acceptors (Lipinski definition) is 4. The van der Waals surface area contributed by atoms with Gasteiger partial charge in [-0.1, -0.05) is 24.3 Å². The number of anilines is 1. The van der Waals surface area contributed by atoms with Gasteiger partial charge in [-0.3, -0.25) is 0 Å². The molecule has 3 rings (SSSR count). The van der Waals surface area contributed by atoms with Gasteiger partial charge in [-0.15, -0.1) is 0 Å². The summed E-state index contributed by atoms with van der Waals surface area (Å²) in [6, 6.07) is 10.5. The van der Waals surface area contributed by atoms with E-state index >= 15 is 0 Å². The van der Waals surface area contributed by atoms with E-state index in [2.05, 4.69) is 0 Å². The van der Waals surface area contributed by atoms with Crippen LogP contribution in [0, 0.1) is 0 Å². The molecule has 132 valence electrons. The SMILES string of the molecule is CN(C)c1ccc2c(c1)OC=CC2=CC=Cc1ccc(O)c(C(=O)O)c1. The van der Waals surface area contributed by atoms with Crippen molar-refractivity contribution in [3.63, 3.8) is 0 Å². The van der Waals surface area contributed by atoms with Crippen LogP contribution < -0.4 is 9.64 Å².